The van der Waals surface area contributed by atoms with Gasteiger partial charge < -0.3 is 15.2 Å². The van der Waals surface area contributed by atoms with Crippen molar-refractivity contribution in [2.24, 2.45) is 0 Å². The average molecular weight is 265 g/mol. The van der Waals surface area contributed by atoms with Crippen LogP contribution in [0.15, 0.2) is 24.5 Å². The van der Waals surface area contributed by atoms with Crippen LogP contribution in [0.2, 0.25) is 0 Å². The summed E-state index contributed by atoms with van der Waals surface area (Å²) in [6, 6.07) is 3.56. The highest BCUT2D eigenvalue weighted by molar-refractivity contribution is 7.16. The second-order valence-corrected chi connectivity index (χ2v) is 4.47. The number of aromatic nitrogens is 2. The molecule has 0 fully saturated rings. The molecule has 0 aliphatic rings. The minimum absolute atomic E-state index is 0.00379. The van der Waals surface area contributed by atoms with Gasteiger partial charge in [-0.1, -0.05) is 11.3 Å². The molecular weight excluding hydrogens is 254 g/mol. The third kappa shape index (κ3) is 2.82. The largest absolute Gasteiger partial charge is 0.476 e. The van der Waals surface area contributed by atoms with Gasteiger partial charge >= 0.3 is 5.97 Å². The van der Waals surface area contributed by atoms with Gasteiger partial charge in [-0.05, 0) is 12.1 Å². The van der Waals surface area contributed by atoms with Crippen molar-refractivity contribution < 1.29 is 14.6 Å². The van der Waals surface area contributed by atoms with Crippen LogP contribution in [0.1, 0.15) is 15.5 Å². The molecule has 7 heteroatoms. The molecule has 18 heavy (non-hydrogen) atoms. The summed E-state index contributed by atoms with van der Waals surface area (Å²) in [5.41, 5.74) is 0.712. The molecule has 6 nitrogen and oxygen atoms in total. The lowest BCUT2D eigenvalue weighted by molar-refractivity contribution is 0.0692. The van der Waals surface area contributed by atoms with E-state index in [1.807, 2.05) is 0 Å². The normalized spacial score (nSPS) is 10.3. The van der Waals surface area contributed by atoms with E-state index in [9.17, 15) is 4.79 Å². The zero-order valence-corrected chi connectivity index (χ0v) is 10.4. The molecule has 2 N–H and O–H groups in total. The van der Waals surface area contributed by atoms with Crippen molar-refractivity contribution in [2.75, 3.05) is 12.4 Å². The standard InChI is InChI=1S/C11H11N3O3S/c1-17-6-8-14-9(11(15)16)10(18-8)13-7-3-2-4-12-5-7/h2-5,13H,6H2,1H3,(H,15,16). The van der Waals surface area contributed by atoms with Gasteiger partial charge in [0.15, 0.2) is 5.69 Å². The summed E-state index contributed by atoms with van der Waals surface area (Å²) in [7, 11) is 1.54. The molecule has 0 bridgehead atoms. The van der Waals surface area contributed by atoms with E-state index in [0.29, 0.717) is 22.3 Å². The molecule has 2 heterocycles. The predicted molar refractivity (Wildman–Crippen MR) is 67.3 cm³/mol. The average Bonchev–Trinajstić information content (AvgIpc) is 2.74. The summed E-state index contributed by atoms with van der Waals surface area (Å²) in [6.45, 7) is 0.291. The smallest absolute Gasteiger partial charge is 0.357 e. The predicted octanol–water partition coefficient (Wildman–Crippen LogP) is 2.13. The number of aromatic carboxylic acids is 1. The maximum absolute atomic E-state index is 11.1. The Hall–Kier alpha value is -1.99. The van der Waals surface area contributed by atoms with Crippen molar-refractivity contribution in [3.05, 3.63) is 35.2 Å². The molecule has 0 unspecified atom stereocenters. The zero-order valence-electron chi connectivity index (χ0n) is 9.58. The van der Waals surface area contributed by atoms with Gasteiger partial charge in [-0.3, -0.25) is 4.98 Å². The van der Waals surface area contributed by atoms with E-state index in [1.165, 1.54) is 18.4 Å². The second kappa shape index (κ2) is 5.56. The number of hydrogen-bond donors (Lipinski definition) is 2. The van der Waals surface area contributed by atoms with E-state index < -0.39 is 5.97 Å². The molecule has 2 aromatic rings. The Morgan fingerprint density at radius 3 is 3.06 bits per heavy atom. The number of ether oxygens (including phenoxy) is 1. The van der Waals surface area contributed by atoms with Crippen LogP contribution in [-0.4, -0.2) is 28.2 Å². The maximum Gasteiger partial charge on any atom is 0.357 e. The Kier molecular flexibility index (Phi) is 3.85. The molecule has 0 saturated carbocycles. The summed E-state index contributed by atoms with van der Waals surface area (Å²) in [4.78, 5) is 19.0. The second-order valence-electron chi connectivity index (χ2n) is 3.39. The number of carboxylic acid groups (broad SMARTS) is 1. The first-order valence-corrected chi connectivity index (χ1v) is 5.91. The number of thiazole rings is 1. The molecular formula is C11H11N3O3S. The minimum atomic E-state index is -1.07. The highest BCUT2D eigenvalue weighted by Gasteiger charge is 2.17. The molecule has 0 aliphatic carbocycles. The van der Waals surface area contributed by atoms with Gasteiger partial charge in [0.2, 0.25) is 0 Å². The Morgan fingerprint density at radius 2 is 2.44 bits per heavy atom. The van der Waals surface area contributed by atoms with Crippen LogP contribution in [0.25, 0.3) is 0 Å². The molecule has 0 aliphatic heterocycles. The topological polar surface area (TPSA) is 84.3 Å². The van der Waals surface area contributed by atoms with Gasteiger partial charge in [0.05, 0.1) is 18.5 Å². The SMILES string of the molecule is COCc1nc(C(=O)O)c(Nc2cccnc2)s1. The fourth-order valence-electron chi connectivity index (χ4n) is 1.35. The molecule has 94 valence electrons. The molecule has 2 rings (SSSR count). The first-order valence-electron chi connectivity index (χ1n) is 5.09. The van der Waals surface area contributed by atoms with Gasteiger partial charge in [0.1, 0.15) is 10.0 Å². The summed E-state index contributed by atoms with van der Waals surface area (Å²) in [5, 5.41) is 13.1. The number of hydrogen-bond acceptors (Lipinski definition) is 6. The highest BCUT2D eigenvalue weighted by Crippen LogP contribution is 2.28. The molecule has 0 spiro atoms. The number of methoxy groups -OCH3 is 1. The van der Waals surface area contributed by atoms with Crippen molar-refractivity contribution in [3.63, 3.8) is 0 Å². The Labute approximate surface area is 107 Å². The lowest BCUT2D eigenvalue weighted by Gasteiger charge is -2.02. The lowest BCUT2D eigenvalue weighted by Crippen LogP contribution is -2.01. The summed E-state index contributed by atoms with van der Waals surface area (Å²) >= 11 is 1.25. The number of carbonyl (C=O) groups is 1. The van der Waals surface area contributed by atoms with Crippen LogP contribution in [0.5, 0.6) is 0 Å². The van der Waals surface area contributed by atoms with Crippen LogP contribution in [0, 0.1) is 0 Å². The van der Waals surface area contributed by atoms with Crippen LogP contribution in [0.4, 0.5) is 10.7 Å². The first-order chi connectivity index (χ1) is 8.70. The Balaban J connectivity index is 2.28. The first kappa shape index (κ1) is 12.5. The van der Waals surface area contributed by atoms with Crippen molar-refractivity contribution in [2.45, 2.75) is 6.61 Å². The number of nitrogens with one attached hydrogen (secondary N) is 1. The van der Waals surface area contributed by atoms with Crippen LogP contribution < -0.4 is 5.32 Å². The number of carboxylic acids is 1. The molecule has 0 aromatic carbocycles. The van der Waals surface area contributed by atoms with Crippen molar-refractivity contribution in [1.29, 1.82) is 0 Å². The van der Waals surface area contributed by atoms with E-state index in [2.05, 4.69) is 15.3 Å². The highest BCUT2D eigenvalue weighted by atomic mass is 32.1. The monoisotopic (exact) mass is 265 g/mol. The number of anilines is 2. The lowest BCUT2D eigenvalue weighted by atomic mass is 10.4. The van der Waals surface area contributed by atoms with Gasteiger partial charge in [0.25, 0.3) is 0 Å². The summed E-state index contributed by atoms with van der Waals surface area (Å²) in [5.74, 6) is -1.07. The summed E-state index contributed by atoms with van der Waals surface area (Å²) < 4.78 is 4.94. The van der Waals surface area contributed by atoms with E-state index >= 15 is 0 Å². The van der Waals surface area contributed by atoms with Crippen molar-refractivity contribution >= 4 is 28.0 Å². The van der Waals surface area contributed by atoms with Crippen LogP contribution in [0.3, 0.4) is 0 Å². The molecule has 2 aromatic heterocycles. The van der Waals surface area contributed by atoms with E-state index in [1.54, 1.807) is 24.5 Å². The molecule has 0 amide bonds. The minimum Gasteiger partial charge on any atom is -0.476 e. The number of nitrogens with zero attached hydrogens (tertiary/aromatic N) is 2. The molecule has 0 atom stereocenters. The number of rotatable bonds is 5. The van der Waals surface area contributed by atoms with Crippen molar-refractivity contribution in [3.8, 4) is 0 Å². The third-order valence-corrected chi connectivity index (χ3v) is 3.01. The van der Waals surface area contributed by atoms with Gasteiger partial charge in [-0.2, -0.15) is 0 Å². The third-order valence-electron chi connectivity index (χ3n) is 2.06. The van der Waals surface area contributed by atoms with E-state index in [4.69, 9.17) is 9.84 Å². The Morgan fingerprint density at radius 1 is 1.61 bits per heavy atom. The molecule has 0 radical (unpaired) electrons. The van der Waals surface area contributed by atoms with E-state index in [-0.39, 0.29) is 5.69 Å². The van der Waals surface area contributed by atoms with Gasteiger partial charge in [-0.25, -0.2) is 9.78 Å². The van der Waals surface area contributed by atoms with Crippen molar-refractivity contribution in [1.82, 2.24) is 9.97 Å². The summed E-state index contributed by atoms with van der Waals surface area (Å²) in [6.07, 6.45) is 3.26. The number of pyridine rings is 1. The fraction of sp³-hybridized carbons (Fsp3) is 0.182. The maximum atomic E-state index is 11.1. The van der Waals surface area contributed by atoms with Gasteiger partial charge in [-0.15, -0.1) is 0 Å². The zero-order chi connectivity index (χ0) is 13.0. The fourth-order valence-corrected chi connectivity index (χ4v) is 2.29. The van der Waals surface area contributed by atoms with Crippen LogP contribution in [-0.2, 0) is 11.3 Å². The van der Waals surface area contributed by atoms with E-state index in [0.717, 1.165) is 0 Å². The van der Waals surface area contributed by atoms with Gasteiger partial charge in [0, 0.05) is 13.3 Å². The Bertz CT molecular complexity index is 542. The molecule has 0 saturated heterocycles. The quantitative estimate of drug-likeness (QED) is 0.861. The van der Waals surface area contributed by atoms with Crippen LogP contribution >= 0.6 is 11.3 Å².